The zero-order chi connectivity index (χ0) is 9.14. The van der Waals surface area contributed by atoms with Gasteiger partial charge >= 0.3 is 0 Å². The average Bonchev–Trinajstić information content (AvgIpc) is 2.45. The molecule has 0 amide bonds. The smallest absolute Gasteiger partial charge is 0.195 e. The summed E-state index contributed by atoms with van der Waals surface area (Å²) in [6, 6.07) is 1.94. The van der Waals surface area contributed by atoms with Gasteiger partial charge in [0.25, 0.3) is 0 Å². The number of hydrogen-bond acceptors (Lipinski definition) is 3. The topological polar surface area (TPSA) is 36.6 Å². The maximum atomic E-state index is 8.87. The van der Waals surface area contributed by atoms with Crippen molar-refractivity contribution in [1.82, 2.24) is 0 Å². The van der Waals surface area contributed by atoms with Crippen molar-refractivity contribution in [3.8, 4) is 0 Å². The molecule has 0 aliphatic heterocycles. The SMILES string of the molecule is CCN(C)c1cc(C)c(CO)o1. The van der Waals surface area contributed by atoms with E-state index in [0.717, 1.165) is 18.0 Å². The van der Waals surface area contributed by atoms with Gasteiger partial charge in [0.15, 0.2) is 5.88 Å². The molecule has 0 radical (unpaired) electrons. The van der Waals surface area contributed by atoms with Crippen molar-refractivity contribution in [2.45, 2.75) is 20.5 Å². The van der Waals surface area contributed by atoms with Crippen LogP contribution in [0.2, 0.25) is 0 Å². The van der Waals surface area contributed by atoms with Gasteiger partial charge in [-0.3, -0.25) is 0 Å². The van der Waals surface area contributed by atoms with Gasteiger partial charge in [0, 0.05) is 19.7 Å². The summed E-state index contributed by atoms with van der Waals surface area (Å²) >= 11 is 0. The zero-order valence-electron chi connectivity index (χ0n) is 7.79. The van der Waals surface area contributed by atoms with Crippen molar-refractivity contribution in [3.63, 3.8) is 0 Å². The lowest BCUT2D eigenvalue weighted by Gasteiger charge is -2.11. The first kappa shape index (κ1) is 9.13. The van der Waals surface area contributed by atoms with Crippen LogP contribution in [0.1, 0.15) is 18.2 Å². The van der Waals surface area contributed by atoms with Crippen LogP contribution in [0.5, 0.6) is 0 Å². The van der Waals surface area contributed by atoms with Crippen LogP contribution in [-0.2, 0) is 6.61 Å². The number of aryl methyl sites for hydroxylation is 1. The molecule has 3 heteroatoms. The maximum absolute atomic E-state index is 8.87. The normalized spacial score (nSPS) is 10.3. The Morgan fingerprint density at radius 2 is 2.25 bits per heavy atom. The summed E-state index contributed by atoms with van der Waals surface area (Å²) in [7, 11) is 1.96. The molecule has 0 spiro atoms. The molecular weight excluding hydrogens is 154 g/mol. The molecule has 1 heterocycles. The second kappa shape index (κ2) is 3.63. The molecule has 0 atom stereocenters. The fourth-order valence-electron chi connectivity index (χ4n) is 1.00. The molecule has 0 aliphatic carbocycles. The first-order chi connectivity index (χ1) is 5.69. The van der Waals surface area contributed by atoms with E-state index in [-0.39, 0.29) is 6.61 Å². The summed E-state index contributed by atoms with van der Waals surface area (Å²) in [4.78, 5) is 1.99. The lowest BCUT2D eigenvalue weighted by atomic mass is 10.3. The highest BCUT2D eigenvalue weighted by atomic mass is 16.4. The molecule has 0 fully saturated rings. The molecule has 0 saturated heterocycles. The average molecular weight is 169 g/mol. The lowest BCUT2D eigenvalue weighted by Crippen LogP contribution is -2.14. The van der Waals surface area contributed by atoms with Crippen molar-refractivity contribution >= 4 is 5.88 Å². The Morgan fingerprint density at radius 1 is 1.58 bits per heavy atom. The summed E-state index contributed by atoms with van der Waals surface area (Å²) in [6.45, 7) is 4.86. The van der Waals surface area contributed by atoms with Gasteiger partial charge < -0.3 is 14.4 Å². The van der Waals surface area contributed by atoms with E-state index in [1.807, 2.05) is 24.9 Å². The van der Waals surface area contributed by atoms with Gasteiger partial charge in [0.2, 0.25) is 0 Å². The highest BCUT2D eigenvalue weighted by molar-refractivity contribution is 5.39. The standard InChI is InChI=1S/C9H15NO2/c1-4-10(3)9-5-7(2)8(6-11)12-9/h5,11H,4,6H2,1-3H3. The monoisotopic (exact) mass is 169 g/mol. The minimum absolute atomic E-state index is 0.0244. The van der Waals surface area contributed by atoms with E-state index >= 15 is 0 Å². The van der Waals surface area contributed by atoms with E-state index in [4.69, 9.17) is 9.52 Å². The summed E-state index contributed by atoms with van der Waals surface area (Å²) in [5.74, 6) is 1.48. The first-order valence-electron chi connectivity index (χ1n) is 4.10. The van der Waals surface area contributed by atoms with Gasteiger partial charge in [-0.2, -0.15) is 0 Å². The largest absolute Gasteiger partial charge is 0.443 e. The lowest BCUT2D eigenvalue weighted by molar-refractivity contribution is 0.247. The summed E-state index contributed by atoms with van der Waals surface area (Å²) in [6.07, 6.45) is 0. The van der Waals surface area contributed by atoms with Crippen LogP contribution < -0.4 is 4.90 Å². The van der Waals surface area contributed by atoms with Crippen LogP contribution in [0.4, 0.5) is 5.88 Å². The molecule has 1 aromatic rings. The summed E-state index contributed by atoms with van der Waals surface area (Å²) < 4.78 is 5.39. The molecule has 3 nitrogen and oxygen atoms in total. The number of aliphatic hydroxyl groups excluding tert-OH is 1. The molecule has 1 rings (SSSR count). The van der Waals surface area contributed by atoms with Gasteiger partial charge in [0.05, 0.1) is 0 Å². The van der Waals surface area contributed by atoms with Gasteiger partial charge in [-0.1, -0.05) is 0 Å². The van der Waals surface area contributed by atoms with E-state index in [1.165, 1.54) is 0 Å². The number of anilines is 1. The number of nitrogens with zero attached hydrogens (tertiary/aromatic N) is 1. The van der Waals surface area contributed by atoms with Gasteiger partial charge in [-0.05, 0) is 19.4 Å². The predicted octanol–water partition coefficient (Wildman–Crippen LogP) is 1.54. The van der Waals surface area contributed by atoms with Crippen LogP contribution >= 0.6 is 0 Å². The zero-order valence-corrected chi connectivity index (χ0v) is 7.79. The molecule has 0 saturated carbocycles. The van der Waals surface area contributed by atoms with Crippen LogP contribution in [0.3, 0.4) is 0 Å². The fraction of sp³-hybridized carbons (Fsp3) is 0.556. The van der Waals surface area contributed by atoms with Crippen molar-refractivity contribution < 1.29 is 9.52 Å². The Bertz CT molecular complexity index is 255. The molecule has 12 heavy (non-hydrogen) atoms. The third kappa shape index (κ3) is 1.61. The Morgan fingerprint density at radius 3 is 2.67 bits per heavy atom. The van der Waals surface area contributed by atoms with Crippen LogP contribution in [0.15, 0.2) is 10.5 Å². The first-order valence-corrected chi connectivity index (χ1v) is 4.10. The highest BCUT2D eigenvalue weighted by Gasteiger charge is 2.08. The summed E-state index contributed by atoms with van der Waals surface area (Å²) in [5.41, 5.74) is 1.01. The van der Waals surface area contributed by atoms with E-state index in [1.54, 1.807) is 0 Å². The second-order valence-electron chi connectivity index (χ2n) is 2.86. The molecule has 0 bridgehead atoms. The minimum Gasteiger partial charge on any atom is -0.443 e. The van der Waals surface area contributed by atoms with Crippen LogP contribution in [0.25, 0.3) is 0 Å². The predicted molar refractivity (Wildman–Crippen MR) is 48.3 cm³/mol. The van der Waals surface area contributed by atoms with Crippen molar-refractivity contribution in [1.29, 1.82) is 0 Å². The van der Waals surface area contributed by atoms with E-state index < -0.39 is 0 Å². The van der Waals surface area contributed by atoms with E-state index in [2.05, 4.69) is 6.92 Å². The molecule has 0 unspecified atom stereocenters. The maximum Gasteiger partial charge on any atom is 0.195 e. The number of rotatable bonds is 3. The Kier molecular flexibility index (Phi) is 2.76. The minimum atomic E-state index is -0.0244. The third-order valence-electron chi connectivity index (χ3n) is 2.00. The quantitative estimate of drug-likeness (QED) is 0.745. The van der Waals surface area contributed by atoms with E-state index in [9.17, 15) is 0 Å². The van der Waals surface area contributed by atoms with Gasteiger partial charge in [0.1, 0.15) is 12.4 Å². The van der Waals surface area contributed by atoms with E-state index in [0.29, 0.717) is 5.76 Å². The molecular formula is C9H15NO2. The Hall–Kier alpha value is -0.960. The summed E-state index contributed by atoms with van der Waals surface area (Å²) in [5, 5.41) is 8.87. The van der Waals surface area contributed by atoms with Crippen LogP contribution in [0, 0.1) is 6.92 Å². The fourth-order valence-corrected chi connectivity index (χ4v) is 1.00. The van der Waals surface area contributed by atoms with Crippen molar-refractivity contribution in [2.24, 2.45) is 0 Å². The van der Waals surface area contributed by atoms with Crippen molar-refractivity contribution in [3.05, 3.63) is 17.4 Å². The number of furan rings is 1. The molecule has 0 aliphatic rings. The number of hydrogen-bond donors (Lipinski definition) is 1. The Balaban J connectivity index is 2.88. The Labute approximate surface area is 72.6 Å². The molecule has 68 valence electrons. The van der Waals surface area contributed by atoms with Crippen LogP contribution in [-0.4, -0.2) is 18.7 Å². The third-order valence-corrected chi connectivity index (χ3v) is 2.00. The van der Waals surface area contributed by atoms with Gasteiger partial charge in [-0.15, -0.1) is 0 Å². The number of aliphatic hydroxyl groups is 1. The second-order valence-corrected chi connectivity index (χ2v) is 2.86. The molecule has 0 aromatic carbocycles. The van der Waals surface area contributed by atoms with Gasteiger partial charge in [-0.25, -0.2) is 0 Å². The molecule has 1 N–H and O–H groups in total. The van der Waals surface area contributed by atoms with Crippen molar-refractivity contribution in [2.75, 3.05) is 18.5 Å². The highest BCUT2D eigenvalue weighted by Crippen LogP contribution is 2.21. The molecule has 1 aromatic heterocycles.